The normalized spacial score (nSPS) is 12.1. The third kappa shape index (κ3) is 5.90. The number of hydrogen-bond donors (Lipinski definition) is 3. The standard InChI is InChI=1S/C25H33N3O5S/c1-7-18-19-14-17(24(29)26-13-12-25(2,3)28-34(6,30)31)8-10-20(19)27-23(18)16-9-11-21(32-4)22(15-16)33-5/h8-11,14-15,27-28H,7,12-13H2,1-6H3,(H,26,29). The zero-order valence-electron chi connectivity index (χ0n) is 20.5. The summed E-state index contributed by atoms with van der Waals surface area (Å²) < 4.78 is 36.4. The van der Waals surface area contributed by atoms with E-state index in [1.54, 1.807) is 34.1 Å². The number of aromatic amines is 1. The molecule has 0 bridgehead atoms. The first-order chi connectivity index (χ1) is 16.0. The van der Waals surface area contributed by atoms with Gasteiger partial charge in [0.1, 0.15) is 0 Å². The molecule has 0 unspecified atom stereocenters. The van der Waals surface area contributed by atoms with Crippen molar-refractivity contribution in [3.8, 4) is 22.8 Å². The number of methoxy groups -OCH3 is 2. The van der Waals surface area contributed by atoms with Crippen LogP contribution in [0.15, 0.2) is 36.4 Å². The average molecular weight is 488 g/mol. The number of H-pyrrole nitrogens is 1. The molecule has 0 spiro atoms. The van der Waals surface area contributed by atoms with Crippen molar-refractivity contribution in [3.63, 3.8) is 0 Å². The fourth-order valence-corrected chi connectivity index (χ4v) is 5.24. The first-order valence-electron chi connectivity index (χ1n) is 11.1. The van der Waals surface area contributed by atoms with Gasteiger partial charge in [0.05, 0.1) is 20.5 Å². The number of carbonyl (C=O) groups excluding carboxylic acids is 1. The molecule has 0 fully saturated rings. The molecule has 1 heterocycles. The maximum absolute atomic E-state index is 12.8. The zero-order chi connectivity index (χ0) is 25.1. The molecule has 0 aliphatic rings. The Morgan fingerprint density at radius 1 is 1.06 bits per heavy atom. The van der Waals surface area contributed by atoms with Crippen molar-refractivity contribution in [2.24, 2.45) is 0 Å². The number of nitrogens with one attached hydrogen (secondary N) is 3. The van der Waals surface area contributed by atoms with Crippen molar-refractivity contribution in [3.05, 3.63) is 47.5 Å². The summed E-state index contributed by atoms with van der Waals surface area (Å²) in [4.78, 5) is 16.3. The number of aromatic nitrogens is 1. The van der Waals surface area contributed by atoms with Gasteiger partial charge < -0.3 is 19.8 Å². The van der Waals surface area contributed by atoms with Gasteiger partial charge in [-0.05, 0) is 68.7 Å². The van der Waals surface area contributed by atoms with E-state index >= 15 is 0 Å². The van der Waals surface area contributed by atoms with E-state index in [1.807, 2.05) is 30.3 Å². The Labute approximate surface area is 201 Å². The molecule has 9 heteroatoms. The van der Waals surface area contributed by atoms with Crippen molar-refractivity contribution >= 4 is 26.8 Å². The molecule has 0 saturated carbocycles. The number of sulfonamides is 1. The number of amides is 1. The second kappa shape index (κ2) is 10.1. The average Bonchev–Trinajstić information content (AvgIpc) is 3.14. The smallest absolute Gasteiger partial charge is 0.251 e. The Hall–Kier alpha value is -3.04. The lowest BCUT2D eigenvalue weighted by Crippen LogP contribution is -2.45. The minimum Gasteiger partial charge on any atom is -0.493 e. The van der Waals surface area contributed by atoms with Gasteiger partial charge in [0.15, 0.2) is 11.5 Å². The fourth-order valence-electron chi connectivity index (χ4n) is 4.14. The van der Waals surface area contributed by atoms with Gasteiger partial charge in [-0.1, -0.05) is 6.92 Å². The molecule has 3 aromatic rings. The third-order valence-electron chi connectivity index (χ3n) is 5.69. The van der Waals surface area contributed by atoms with E-state index in [2.05, 4.69) is 21.9 Å². The Bertz CT molecular complexity index is 1300. The van der Waals surface area contributed by atoms with E-state index in [0.717, 1.165) is 40.4 Å². The maximum atomic E-state index is 12.8. The first-order valence-corrected chi connectivity index (χ1v) is 13.0. The molecule has 1 amide bonds. The monoisotopic (exact) mass is 487 g/mol. The van der Waals surface area contributed by atoms with Gasteiger partial charge in [0.2, 0.25) is 10.0 Å². The van der Waals surface area contributed by atoms with Crippen molar-refractivity contribution in [1.29, 1.82) is 0 Å². The Morgan fingerprint density at radius 3 is 2.38 bits per heavy atom. The fraction of sp³-hybridized carbons (Fsp3) is 0.400. The molecular formula is C25H33N3O5S. The molecule has 1 aromatic heterocycles. The summed E-state index contributed by atoms with van der Waals surface area (Å²) in [5.41, 5.74) is 3.89. The molecule has 0 aliphatic heterocycles. The van der Waals surface area contributed by atoms with Crippen LogP contribution in [0.5, 0.6) is 11.5 Å². The quantitative estimate of drug-likeness (QED) is 0.402. The predicted molar refractivity (Wildman–Crippen MR) is 135 cm³/mol. The van der Waals surface area contributed by atoms with Crippen molar-refractivity contribution in [1.82, 2.24) is 15.0 Å². The summed E-state index contributed by atoms with van der Waals surface area (Å²) in [6.07, 6.45) is 2.36. The van der Waals surface area contributed by atoms with Crippen LogP contribution < -0.4 is 19.5 Å². The topological polar surface area (TPSA) is 110 Å². The third-order valence-corrected chi connectivity index (χ3v) is 6.61. The van der Waals surface area contributed by atoms with Gasteiger partial charge in [-0.15, -0.1) is 0 Å². The predicted octanol–water partition coefficient (Wildman–Crippen LogP) is 3.86. The van der Waals surface area contributed by atoms with E-state index in [1.165, 1.54) is 0 Å². The molecular weight excluding hydrogens is 454 g/mol. The molecule has 34 heavy (non-hydrogen) atoms. The van der Waals surface area contributed by atoms with Crippen LogP contribution in [0.2, 0.25) is 0 Å². The SMILES string of the molecule is CCc1c(-c2ccc(OC)c(OC)c2)[nH]c2ccc(C(=O)NCCC(C)(C)NS(C)(=O)=O)cc12. The number of ether oxygens (including phenoxy) is 2. The largest absolute Gasteiger partial charge is 0.493 e. The first kappa shape index (κ1) is 25.6. The van der Waals surface area contributed by atoms with E-state index in [9.17, 15) is 13.2 Å². The molecule has 0 aliphatic carbocycles. The minimum absolute atomic E-state index is 0.201. The number of aryl methyl sites for hydroxylation is 1. The maximum Gasteiger partial charge on any atom is 0.251 e. The lowest BCUT2D eigenvalue weighted by atomic mass is 10.0. The molecule has 0 atom stereocenters. The van der Waals surface area contributed by atoms with Crippen LogP contribution in [0.4, 0.5) is 0 Å². The number of hydrogen-bond acceptors (Lipinski definition) is 5. The summed E-state index contributed by atoms with van der Waals surface area (Å²) in [6.45, 7) is 6.00. The highest BCUT2D eigenvalue weighted by atomic mass is 32.2. The lowest BCUT2D eigenvalue weighted by Gasteiger charge is -2.25. The summed E-state index contributed by atoms with van der Waals surface area (Å²) in [6, 6.07) is 11.4. The molecule has 184 valence electrons. The minimum atomic E-state index is -3.33. The molecule has 3 rings (SSSR count). The van der Waals surface area contributed by atoms with Crippen LogP contribution in [0.3, 0.4) is 0 Å². The summed E-state index contributed by atoms with van der Waals surface area (Å²) in [5.74, 6) is 1.11. The van der Waals surface area contributed by atoms with Crippen LogP contribution in [0.1, 0.15) is 43.1 Å². The van der Waals surface area contributed by atoms with Gasteiger partial charge in [-0.2, -0.15) is 0 Å². The van der Waals surface area contributed by atoms with E-state index < -0.39 is 15.6 Å². The second-order valence-corrected chi connectivity index (χ2v) is 10.7. The van der Waals surface area contributed by atoms with Gasteiger partial charge >= 0.3 is 0 Å². The summed E-state index contributed by atoms with van der Waals surface area (Å²) in [7, 11) is -0.114. The number of fused-ring (bicyclic) bond motifs is 1. The molecule has 2 aromatic carbocycles. The lowest BCUT2D eigenvalue weighted by molar-refractivity contribution is 0.0951. The van der Waals surface area contributed by atoms with Crippen molar-refractivity contribution < 1.29 is 22.7 Å². The highest BCUT2D eigenvalue weighted by Crippen LogP contribution is 2.36. The van der Waals surface area contributed by atoms with Gasteiger partial charge in [-0.25, -0.2) is 13.1 Å². The molecule has 3 N–H and O–H groups in total. The highest BCUT2D eigenvalue weighted by Gasteiger charge is 2.22. The summed E-state index contributed by atoms with van der Waals surface area (Å²) in [5, 5.41) is 3.88. The van der Waals surface area contributed by atoms with E-state index in [-0.39, 0.29) is 5.91 Å². The second-order valence-electron chi connectivity index (χ2n) is 8.93. The Balaban J connectivity index is 1.84. The highest BCUT2D eigenvalue weighted by molar-refractivity contribution is 7.88. The number of carbonyl (C=O) groups is 1. The molecule has 8 nitrogen and oxygen atoms in total. The Morgan fingerprint density at radius 2 is 1.76 bits per heavy atom. The van der Waals surface area contributed by atoms with Gasteiger partial charge in [0, 0.05) is 39.8 Å². The van der Waals surface area contributed by atoms with Crippen LogP contribution in [0, 0.1) is 0 Å². The van der Waals surface area contributed by atoms with Crippen LogP contribution in [-0.2, 0) is 16.4 Å². The molecule has 0 saturated heterocycles. The number of rotatable bonds is 10. The van der Waals surface area contributed by atoms with Crippen LogP contribution >= 0.6 is 0 Å². The summed E-state index contributed by atoms with van der Waals surface area (Å²) >= 11 is 0. The number of benzene rings is 2. The van der Waals surface area contributed by atoms with Gasteiger partial charge in [-0.3, -0.25) is 4.79 Å². The van der Waals surface area contributed by atoms with Crippen molar-refractivity contribution in [2.75, 3.05) is 27.0 Å². The molecule has 0 radical (unpaired) electrons. The van der Waals surface area contributed by atoms with Crippen LogP contribution in [-0.4, -0.2) is 51.9 Å². The van der Waals surface area contributed by atoms with E-state index in [0.29, 0.717) is 30.0 Å². The zero-order valence-corrected chi connectivity index (χ0v) is 21.4. The van der Waals surface area contributed by atoms with E-state index in [4.69, 9.17) is 9.47 Å². The van der Waals surface area contributed by atoms with Crippen LogP contribution in [0.25, 0.3) is 22.2 Å². The van der Waals surface area contributed by atoms with Gasteiger partial charge in [0.25, 0.3) is 5.91 Å². The Kier molecular flexibility index (Phi) is 7.57. The van der Waals surface area contributed by atoms with Crippen molar-refractivity contribution in [2.45, 2.75) is 39.2 Å².